The number of anilines is 1. The van der Waals surface area contributed by atoms with E-state index in [2.05, 4.69) is 5.32 Å². The third-order valence-corrected chi connectivity index (χ3v) is 4.56. The number of nitro benzene ring substituents is 1. The summed E-state index contributed by atoms with van der Waals surface area (Å²) in [4.78, 5) is 23.5. The first-order valence-electron chi connectivity index (χ1n) is 6.85. The minimum Gasteiger partial charge on any atom is -0.324 e. The summed E-state index contributed by atoms with van der Waals surface area (Å²) in [6.07, 6.45) is 0. The first-order valence-corrected chi connectivity index (χ1v) is 8.10. The lowest BCUT2D eigenvalue weighted by atomic mass is 10.2. The van der Waals surface area contributed by atoms with E-state index in [0.29, 0.717) is 0 Å². The highest BCUT2D eigenvalue weighted by Gasteiger charge is 2.17. The van der Waals surface area contributed by atoms with E-state index in [1.165, 1.54) is 30.0 Å². The number of nitro groups is 1. The van der Waals surface area contributed by atoms with Gasteiger partial charge in [0, 0.05) is 17.0 Å². The van der Waals surface area contributed by atoms with Gasteiger partial charge in [0.15, 0.2) is 0 Å². The molecule has 0 radical (unpaired) electrons. The van der Waals surface area contributed by atoms with Crippen molar-refractivity contribution >= 4 is 40.6 Å². The number of benzene rings is 2. The lowest BCUT2D eigenvalue weighted by molar-refractivity contribution is -0.384. The maximum absolute atomic E-state index is 12.3. The van der Waals surface area contributed by atoms with Crippen LogP contribution in [0.25, 0.3) is 0 Å². The summed E-state index contributed by atoms with van der Waals surface area (Å²) in [6.45, 7) is 3.76. The van der Waals surface area contributed by atoms with E-state index in [9.17, 15) is 14.9 Å². The molecular formula is C16H15ClN2O3S. The van der Waals surface area contributed by atoms with Crippen LogP contribution < -0.4 is 5.32 Å². The van der Waals surface area contributed by atoms with Gasteiger partial charge in [0.05, 0.1) is 20.9 Å². The number of halogens is 1. The van der Waals surface area contributed by atoms with Crippen molar-refractivity contribution in [1.29, 1.82) is 0 Å². The van der Waals surface area contributed by atoms with Gasteiger partial charge in [0.2, 0.25) is 5.91 Å². The lowest BCUT2D eigenvalue weighted by Crippen LogP contribution is -2.22. The van der Waals surface area contributed by atoms with E-state index >= 15 is 0 Å². The molecular weight excluding hydrogens is 336 g/mol. The number of rotatable bonds is 5. The number of carbonyl (C=O) groups excluding carboxylic acids is 1. The van der Waals surface area contributed by atoms with Crippen molar-refractivity contribution < 1.29 is 9.72 Å². The normalized spacial score (nSPS) is 11.8. The van der Waals surface area contributed by atoms with Crippen LogP contribution >= 0.6 is 23.4 Å². The number of thioether (sulfide) groups is 1. The molecule has 0 aromatic heterocycles. The van der Waals surface area contributed by atoms with Crippen molar-refractivity contribution in [2.24, 2.45) is 0 Å². The van der Waals surface area contributed by atoms with Gasteiger partial charge < -0.3 is 5.32 Å². The number of carbonyl (C=O) groups is 1. The van der Waals surface area contributed by atoms with Crippen LogP contribution in [0.15, 0.2) is 47.4 Å². The molecule has 1 N–H and O–H groups in total. The fourth-order valence-electron chi connectivity index (χ4n) is 1.83. The Morgan fingerprint density at radius 3 is 2.52 bits per heavy atom. The molecule has 5 nitrogen and oxygen atoms in total. The topological polar surface area (TPSA) is 72.2 Å². The maximum Gasteiger partial charge on any atom is 0.271 e. The van der Waals surface area contributed by atoms with Crippen LogP contribution in [0.5, 0.6) is 0 Å². The number of nitrogens with zero attached hydrogens (tertiary/aromatic N) is 1. The lowest BCUT2D eigenvalue weighted by Gasteiger charge is -2.13. The molecule has 0 bridgehead atoms. The van der Waals surface area contributed by atoms with E-state index in [4.69, 9.17) is 11.6 Å². The summed E-state index contributed by atoms with van der Waals surface area (Å²) in [6, 6.07) is 11.8. The standard InChI is InChI=1S/C16H15ClN2O3S/c1-10-3-6-13(7-4-10)23-11(2)16(20)18-15-9-12(19(21)22)5-8-14(15)17/h3-9,11H,1-2H3,(H,18,20)/t11-/m0/s1. The number of hydrogen-bond acceptors (Lipinski definition) is 4. The fourth-order valence-corrected chi connectivity index (χ4v) is 2.86. The van der Waals surface area contributed by atoms with Crippen LogP contribution in [0, 0.1) is 17.0 Å². The molecule has 0 heterocycles. The monoisotopic (exact) mass is 350 g/mol. The third-order valence-electron chi connectivity index (χ3n) is 3.12. The molecule has 0 aliphatic heterocycles. The zero-order valence-corrected chi connectivity index (χ0v) is 14.1. The molecule has 0 spiro atoms. The first kappa shape index (κ1) is 17.3. The van der Waals surface area contributed by atoms with Crippen molar-refractivity contribution in [3.8, 4) is 0 Å². The maximum atomic E-state index is 12.3. The Balaban J connectivity index is 2.07. The smallest absolute Gasteiger partial charge is 0.271 e. The summed E-state index contributed by atoms with van der Waals surface area (Å²) >= 11 is 7.39. The Labute approximate surface area is 143 Å². The Morgan fingerprint density at radius 2 is 1.91 bits per heavy atom. The molecule has 0 unspecified atom stereocenters. The molecule has 2 rings (SSSR count). The largest absolute Gasteiger partial charge is 0.324 e. The number of aryl methyl sites for hydroxylation is 1. The number of nitrogens with one attached hydrogen (secondary N) is 1. The van der Waals surface area contributed by atoms with E-state index < -0.39 is 4.92 Å². The molecule has 1 amide bonds. The SMILES string of the molecule is Cc1ccc(S[C@@H](C)C(=O)Nc2cc([N+](=O)[O-])ccc2Cl)cc1. The van der Waals surface area contributed by atoms with Crippen LogP contribution in [0.4, 0.5) is 11.4 Å². The van der Waals surface area contributed by atoms with Crippen LogP contribution in [0.2, 0.25) is 5.02 Å². The molecule has 2 aromatic rings. The van der Waals surface area contributed by atoms with E-state index in [-0.39, 0.29) is 27.6 Å². The summed E-state index contributed by atoms with van der Waals surface area (Å²) in [5, 5.41) is 13.3. The second kappa shape index (κ2) is 7.48. The molecule has 120 valence electrons. The second-order valence-electron chi connectivity index (χ2n) is 4.98. The van der Waals surface area contributed by atoms with Crippen molar-refractivity contribution in [2.75, 3.05) is 5.32 Å². The van der Waals surface area contributed by atoms with Crippen molar-refractivity contribution in [3.63, 3.8) is 0 Å². The van der Waals surface area contributed by atoms with E-state index in [1.807, 2.05) is 31.2 Å². The number of hydrogen-bond donors (Lipinski definition) is 1. The molecule has 2 aromatic carbocycles. The summed E-state index contributed by atoms with van der Waals surface area (Å²) in [7, 11) is 0. The van der Waals surface area contributed by atoms with Crippen molar-refractivity contribution in [3.05, 3.63) is 63.2 Å². The summed E-state index contributed by atoms with van der Waals surface area (Å²) < 4.78 is 0. The number of non-ortho nitro benzene ring substituents is 1. The van der Waals surface area contributed by atoms with Gasteiger partial charge in [-0.2, -0.15) is 0 Å². The Bertz CT molecular complexity index is 735. The average molecular weight is 351 g/mol. The molecule has 0 fully saturated rings. The van der Waals surface area contributed by atoms with E-state index in [1.54, 1.807) is 6.92 Å². The number of amides is 1. The van der Waals surface area contributed by atoms with Gasteiger partial charge >= 0.3 is 0 Å². The van der Waals surface area contributed by atoms with Gasteiger partial charge in [-0.25, -0.2) is 0 Å². The molecule has 0 saturated heterocycles. The minimum atomic E-state index is -0.531. The third kappa shape index (κ3) is 4.71. The zero-order valence-electron chi connectivity index (χ0n) is 12.6. The highest BCUT2D eigenvalue weighted by molar-refractivity contribution is 8.00. The van der Waals surface area contributed by atoms with Gasteiger partial charge in [0.1, 0.15) is 0 Å². The fraction of sp³-hybridized carbons (Fsp3) is 0.188. The van der Waals surface area contributed by atoms with Crippen LogP contribution in [0.3, 0.4) is 0 Å². The highest BCUT2D eigenvalue weighted by atomic mass is 35.5. The van der Waals surface area contributed by atoms with Gasteiger partial charge in [-0.1, -0.05) is 29.3 Å². The Kier molecular flexibility index (Phi) is 5.63. The molecule has 0 aliphatic rings. The van der Waals surface area contributed by atoms with Crippen molar-refractivity contribution in [1.82, 2.24) is 0 Å². The molecule has 0 aliphatic carbocycles. The summed E-state index contributed by atoms with van der Waals surface area (Å²) in [5.41, 5.74) is 1.26. The molecule has 1 atom stereocenters. The zero-order chi connectivity index (χ0) is 17.0. The van der Waals surface area contributed by atoms with Gasteiger partial charge in [0.25, 0.3) is 5.69 Å². The van der Waals surface area contributed by atoms with Gasteiger partial charge in [-0.3, -0.25) is 14.9 Å². The Hall–Kier alpha value is -2.05. The predicted octanol–water partition coefficient (Wildman–Crippen LogP) is 4.68. The van der Waals surface area contributed by atoms with Gasteiger partial charge in [-0.15, -0.1) is 11.8 Å². The van der Waals surface area contributed by atoms with Crippen LogP contribution in [-0.2, 0) is 4.79 Å². The van der Waals surface area contributed by atoms with E-state index in [0.717, 1.165) is 10.5 Å². The van der Waals surface area contributed by atoms with Gasteiger partial charge in [-0.05, 0) is 32.0 Å². The van der Waals surface area contributed by atoms with Crippen LogP contribution in [-0.4, -0.2) is 16.1 Å². The Morgan fingerprint density at radius 1 is 1.26 bits per heavy atom. The van der Waals surface area contributed by atoms with Crippen LogP contribution in [0.1, 0.15) is 12.5 Å². The highest BCUT2D eigenvalue weighted by Crippen LogP contribution is 2.29. The molecule has 23 heavy (non-hydrogen) atoms. The minimum absolute atomic E-state index is 0.122. The summed E-state index contributed by atoms with van der Waals surface area (Å²) in [5.74, 6) is -0.266. The second-order valence-corrected chi connectivity index (χ2v) is 6.81. The quantitative estimate of drug-likeness (QED) is 0.483. The molecule has 0 saturated carbocycles. The first-order chi connectivity index (χ1) is 10.9. The average Bonchev–Trinajstić information content (AvgIpc) is 2.51. The molecule has 7 heteroatoms. The van der Waals surface area contributed by atoms with Crippen molar-refractivity contribution in [2.45, 2.75) is 24.0 Å². The predicted molar refractivity (Wildman–Crippen MR) is 93.2 cm³/mol.